The highest BCUT2D eigenvalue weighted by atomic mass is 32.2. The van der Waals surface area contributed by atoms with Crippen molar-refractivity contribution in [2.75, 3.05) is 16.2 Å². The lowest BCUT2D eigenvalue weighted by atomic mass is 10.1. The number of halogens is 3. The minimum atomic E-state index is -4.62. The third-order valence-corrected chi connectivity index (χ3v) is 6.09. The molecule has 1 aromatic heterocycles. The Morgan fingerprint density at radius 1 is 1.23 bits per heavy atom. The van der Waals surface area contributed by atoms with Crippen LogP contribution in [-0.4, -0.2) is 28.1 Å². The number of hydrogen-bond donors (Lipinski definition) is 4. The zero-order valence-electron chi connectivity index (χ0n) is 22.7. The molecule has 0 saturated carbocycles. The molecule has 3 rings (SSSR count). The van der Waals surface area contributed by atoms with E-state index < -0.39 is 17.6 Å². The summed E-state index contributed by atoms with van der Waals surface area (Å²) in [6, 6.07) is 8.00. The molecular weight excluding hydrogens is 541 g/mol. The smallest absolute Gasteiger partial charge is 0.397 e. The van der Waals surface area contributed by atoms with Crippen molar-refractivity contribution >= 4 is 35.8 Å². The summed E-state index contributed by atoms with van der Waals surface area (Å²) in [5, 5.41) is 3.78. The highest BCUT2D eigenvalue weighted by Gasteiger charge is 2.31. The molecule has 0 aliphatic rings. The van der Waals surface area contributed by atoms with E-state index in [4.69, 9.17) is 17.3 Å². The van der Waals surface area contributed by atoms with Gasteiger partial charge in [-0.25, -0.2) is 10.8 Å². The molecule has 0 fully saturated rings. The number of aliphatic imine (C=N–C) groups is 1. The lowest BCUT2D eigenvalue weighted by molar-refractivity contribution is -0.137. The average molecular weight is 575 g/mol. The van der Waals surface area contributed by atoms with Crippen LogP contribution in [0.2, 0.25) is 0 Å². The summed E-state index contributed by atoms with van der Waals surface area (Å²) in [6.07, 6.45) is 1.25. The molecule has 13 heteroatoms. The quantitative estimate of drug-likeness (QED) is 0.0875. The van der Waals surface area contributed by atoms with Gasteiger partial charge < -0.3 is 21.4 Å². The third kappa shape index (κ3) is 8.46. The zero-order chi connectivity index (χ0) is 30.0. The van der Waals surface area contributed by atoms with Crippen molar-refractivity contribution in [1.82, 2.24) is 9.55 Å². The van der Waals surface area contributed by atoms with E-state index in [1.165, 1.54) is 52.2 Å². The standard InChI is InChI=1S/C25H27F3N8OS.C2H6/c1-15-4-5-17(6-22(15)36(31)12-21(30)23(10-32-3)38-13-29)24(37)34-19-7-18(25(26,27)28)8-20(9-19)35-11-16(2)33-14-35;1-2/h4-12,14H,3,13,29-31H2,1-2H3,(H,34,37);1-2H3/b21-12-,23-10-;. The number of imidazole rings is 1. The molecule has 7 N–H and O–H groups in total. The number of benzene rings is 2. The van der Waals surface area contributed by atoms with Crippen molar-refractivity contribution in [2.24, 2.45) is 22.3 Å². The number of nitrogens with one attached hydrogen (secondary N) is 1. The Labute approximate surface area is 235 Å². The number of carbonyl (C=O) groups is 1. The molecular formula is C27H33F3N8OS. The number of anilines is 2. The number of nitrogens with two attached hydrogens (primary N) is 3. The Balaban J connectivity index is 0.00000274. The molecule has 0 saturated heterocycles. The van der Waals surface area contributed by atoms with Crippen LogP contribution in [0.4, 0.5) is 24.5 Å². The largest absolute Gasteiger partial charge is 0.416 e. The minimum absolute atomic E-state index is 0.0347. The van der Waals surface area contributed by atoms with Crippen LogP contribution in [0.1, 0.15) is 41.0 Å². The van der Waals surface area contributed by atoms with Crippen LogP contribution >= 0.6 is 11.8 Å². The van der Waals surface area contributed by atoms with Gasteiger partial charge in [-0.3, -0.25) is 14.8 Å². The summed E-state index contributed by atoms with van der Waals surface area (Å²) in [4.78, 5) is 21.4. The van der Waals surface area contributed by atoms with Gasteiger partial charge in [-0.15, -0.1) is 11.8 Å². The molecule has 0 spiro atoms. The molecule has 9 nitrogen and oxygen atoms in total. The molecule has 0 aliphatic carbocycles. The van der Waals surface area contributed by atoms with Gasteiger partial charge in [0, 0.05) is 41.4 Å². The predicted octanol–water partition coefficient (Wildman–Crippen LogP) is 5.46. The molecule has 2 aromatic carbocycles. The second-order valence-corrected chi connectivity index (χ2v) is 9.18. The number of amides is 1. The lowest BCUT2D eigenvalue weighted by Crippen LogP contribution is -2.27. The topological polar surface area (TPSA) is 141 Å². The fraction of sp³-hybridized carbons (Fsp3) is 0.222. The van der Waals surface area contributed by atoms with Gasteiger partial charge >= 0.3 is 6.18 Å². The summed E-state index contributed by atoms with van der Waals surface area (Å²) in [5.74, 6) is 5.83. The predicted molar refractivity (Wildman–Crippen MR) is 157 cm³/mol. The van der Waals surface area contributed by atoms with E-state index >= 15 is 0 Å². The van der Waals surface area contributed by atoms with E-state index in [0.717, 1.165) is 17.7 Å². The van der Waals surface area contributed by atoms with Gasteiger partial charge in [-0.05, 0) is 56.5 Å². The maximum Gasteiger partial charge on any atom is 0.416 e. The first-order chi connectivity index (χ1) is 18.9. The minimum Gasteiger partial charge on any atom is -0.397 e. The Morgan fingerprint density at radius 2 is 1.93 bits per heavy atom. The van der Waals surface area contributed by atoms with Gasteiger partial charge in [-0.2, -0.15) is 13.2 Å². The highest BCUT2D eigenvalue weighted by molar-refractivity contribution is 8.03. The zero-order valence-corrected chi connectivity index (χ0v) is 23.5. The van der Waals surface area contributed by atoms with Crippen LogP contribution in [-0.2, 0) is 6.18 Å². The second-order valence-electron chi connectivity index (χ2n) is 8.12. The molecule has 0 bridgehead atoms. The number of rotatable bonds is 9. The van der Waals surface area contributed by atoms with E-state index in [0.29, 0.717) is 16.3 Å². The summed E-state index contributed by atoms with van der Waals surface area (Å²) >= 11 is 1.24. The SMILES string of the molecule is C=N/C=C(SCN)/C(N)=C/N(N)c1cc(C(=O)Nc2cc(-n3cnc(C)c3)cc(C(F)(F)F)c2)ccc1C.CC. The maximum absolute atomic E-state index is 13.6. The van der Waals surface area contributed by atoms with Crippen molar-refractivity contribution < 1.29 is 18.0 Å². The number of hydrogen-bond acceptors (Lipinski definition) is 8. The number of alkyl halides is 3. The van der Waals surface area contributed by atoms with Gasteiger partial charge in [0.25, 0.3) is 5.91 Å². The normalized spacial score (nSPS) is 11.9. The van der Waals surface area contributed by atoms with Crippen LogP contribution in [0.5, 0.6) is 0 Å². The molecule has 214 valence electrons. The molecule has 0 aliphatic heterocycles. The van der Waals surface area contributed by atoms with Crippen molar-refractivity contribution in [2.45, 2.75) is 33.9 Å². The molecule has 1 amide bonds. The lowest BCUT2D eigenvalue weighted by Gasteiger charge is -2.19. The molecule has 0 atom stereocenters. The van der Waals surface area contributed by atoms with Crippen molar-refractivity contribution in [3.63, 3.8) is 0 Å². The summed E-state index contributed by atoms with van der Waals surface area (Å²) in [5.41, 5.74) is 13.2. The molecule has 40 heavy (non-hydrogen) atoms. The summed E-state index contributed by atoms with van der Waals surface area (Å²) < 4.78 is 42.2. The molecule has 3 aromatic rings. The number of thioether (sulfide) groups is 1. The Kier molecular flexibility index (Phi) is 11.5. The van der Waals surface area contributed by atoms with Crippen molar-refractivity contribution in [3.8, 4) is 5.69 Å². The van der Waals surface area contributed by atoms with Crippen molar-refractivity contribution in [1.29, 1.82) is 0 Å². The van der Waals surface area contributed by atoms with Crippen LogP contribution in [0.15, 0.2) is 76.9 Å². The fourth-order valence-electron chi connectivity index (χ4n) is 3.44. The second kappa shape index (κ2) is 14.4. The van der Waals surface area contributed by atoms with Gasteiger partial charge in [0.05, 0.1) is 33.9 Å². The highest BCUT2D eigenvalue weighted by Crippen LogP contribution is 2.33. The molecule has 0 unspecified atom stereocenters. The Morgan fingerprint density at radius 3 is 2.50 bits per heavy atom. The molecule has 0 radical (unpaired) electrons. The van der Waals surface area contributed by atoms with Gasteiger partial charge in [-0.1, -0.05) is 19.9 Å². The van der Waals surface area contributed by atoms with Crippen LogP contribution in [0.25, 0.3) is 5.69 Å². The number of carbonyl (C=O) groups excluding carboxylic acids is 1. The van der Waals surface area contributed by atoms with Crippen LogP contribution < -0.4 is 27.6 Å². The average Bonchev–Trinajstić information content (AvgIpc) is 3.35. The van der Waals surface area contributed by atoms with E-state index in [1.54, 1.807) is 32.2 Å². The number of aryl methyl sites for hydroxylation is 2. The van der Waals surface area contributed by atoms with E-state index in [1.807, 2.05) is 13.8 Å². The monoisotopic (exact) mass is 574 g/mol. The van der Waals surface area contributed by atoms with Crippen LogP contribution in [0.3, 0.4) is 0 Å². The maximum atomic E-state index is 13.6. The van der Waals surface area contributed by atoms with Gasteiger partial charge in [0.1, 0.15) is 0 Å². The van der Waals surface area contributed by atoms with Crippen LogP contribution in [0, 0.1) is 13.8 Å². The molecule has 1 heterocycles. The van der Waals surface area contributed by atoms with Crippen molar-refractivity contribution in [3.05, 3.63) is 94.3 Å². The first-order valence-corrected chi connectivity index (χ1v) is 13.1. The summed E-state index contributed by atoms with van der Waals surface area (Å²) in [6.45, 7) is 10.9. The van der Waals surface area contributed by atoms with E-state index in [9.17, 15) is 18.0 Å². The Hall–Kier alpha value is -4.07. The number of nitrogens with zero attached hydrogens (tertiary/aromatic N) is 4. The number of hydrazine groups is 1. The van der Waals surface area contributed by atoms with E-state index in [2.05, 4.69) is 22.0 Å². The first kappa shape index (κ1) is 32.1. The van der Waals surface area contributed by atoms with Gasteiger partial charge in [0.2, 0.25) is 0 Å². The third-order valence-electron chi connectivity index (χ3n) is 5.27. The van der Waals surface area contributed by atoms with Gasteiger partial charge in [0.15, 0.2) is 0 Å². The Bertz CT molecular complexity index is 1400. The number of aromatic nitrogens is 2. The fourth-order valence-corrected chi connectivity index (χ4v) is 3.99. The first-order valence-electron chi connectivity index (χ1n) is 12.1. The summed E-state index contributed by atoms with van der Waals surface area (Å²) in [7, 11) is 0. The van der Waals surface area contributed by atoms with E-state index in [-0.39, 0.29) is 28.5 Å².